The van der Waals surface area contributed by atoms with Crippen molar-refractivity contribution in [3.63, 3.8) is 0 Å². The van der Waals surface area contributed by atoms with Crippen LogP contribution in [0.3, 0.4) is 0 Å². The second-order valence-electron chi connectivity index (χ2n) is 3.77. The predicted molar refractivity (Wildman–Crippen MR) is 69.1 cm³/mol. The van der Waals surface area contributed by atoms with Gasteiger partial charge in [-0.3, -0.25) is 10.1 Å². The maximum absolute atomic E-state index is 13.5. The van der Waals surface area contributed by atoms with Gasteiger partial charge in [0.05, 0.1) is 4.92 Å². The molecule has 4 nitrogen and oxygen atoms in total. The molecule has 0 spiro atoms. The van der Waals surface area contributed by atoms with Crippen LogP contribution in [0.5, 0.6) is 0 Å². The number of nitrogens with one attached hydrogen (secondary N) is 1. The average molecular weight is 276 g/mol. The summed E-state index contributed by atoms with van der Waals surface area (Å²) in [5.74, 6) is -2.30. The lowest BCUT2D eigenvalue weighted by molar-refractivity contribution is -0.384. The summed E-state index contributed by atoms with van der Waals surface area (Å²) >= 11 is 1.64. The van der Waals surface area contributed by atoms with Gasteiger partial charge in [-0.25, -0.2) is 8.78 Å². The molecule has 0 amide bonds. The number of nitrogens with zero attached hydrogens (tertiary/aromatic N) is 1. The summed E-state index contributed by atoms with van der Waals surface area (Å²) in [6, 6.07) is 1.71. The number of benzene rings is 1. The van der Waals surface area contributed by atoms with Crippen molar-refractivity contribution in [1.29, 1.82) is 0 Å². The van der Waals surface area contributed by atoms with Gasteiger partial charge in [0.2, 0.25) is 0 Å². The van der Waals surface area contributed by atoms with Gasteiger partial charge in [0.25, 0.3) is 5.69 Å². The third kappa shape index (κ3) is 3.56. The summed E-state index contributed by atoms with van der Waals surface area (Å²) in [6.45, 7) is 2.34. The zero-order chi connectivity index (χ0) is 13.7. The quantitative estimate of drug-likeness (QED) is 0.639. The molecule has 18 heavy (non-hydrogen) atoms. The minimum Gasteiger partial charge on any atom is -0.377 e. The van der Waals surface area contributed by atoms with Crippen molar-refractivity contribution in [2.45, 2.75) is 18.6 Å². The molecule has 0 fully saturated rings. The second-order valence-corrected chi connectivity index (χ2v) is 5.05. The summed E-state index contributed by atoms with van der Waals surface area (Å²) in [5.41, 5.74) is -0.834. The summed E-state index contributed by atoms with van der Waals surface area (Å²) in [7, 11) is 0. The Hall–Kier alpha value is -1.37. The Morgan fingerprint density at radius 2 is 2.17 bits per heavy atom. The number of rotatable bonds is 6. The summed E-state index contributed by atoms with van der Waals surface area (Å²) in [6.07, 6.45) is 2.64. The van der Waals surface area contributed by atoms with E-state index in [1.807, 2.05) is 13.2 Å². The van der Waals surface area contributed by atoms with Gasteiger partial charge >= 0.3 is 0 Å². The number of anilines is 1. The molecular formula is C11H14F2N2O2S. The molecular weight excluding hydrogens is 262 g/mol. The minimum absolute atomic E-state index is 0.341. The van der Waals surface area contributed by atoms with E-state index in [2.05, 4.69) is 5.32 Å². The lowest BCUT2D eigenvalue weighted by Crippen LogP contribution is -2.11. The molecule has 0 radical (unpaired) electrons. The lowest BCUT2D eigenvalue weighted by Gasteiger charge is -2.11. The minimum atomic E-state index is -1.21. The fraction of sp³-hybridized carbons (Fsp3) is 0.455. The molecule has 1 aromatic carbocycles. The molecule has 1 unspecified atom stereocenters. The Kier molecular flexibility index (Phi) is 5.33. The van der Waals surface area contributed by atoms with Crippen molar-refractivity contribution < 1.29 is 13.7 Å². The molecule has 1 N–H and O–H groups in total. The van der Waals surface area contributed by atoms with E-state index < -0.39 is 22.2 Å². The monoisotopic (exact) mass is 276 g/mol. The third-order valence-electron chi connectivity index (χ3n) is 2.52. The van der Waals surface area contributed by atoms with Crippen LogP contribution in [0.15, 0.2) is 12.1 Å². The van der Waals surface area contributed by atoms with E-state index >= 15 is 0 Å². The zero-order valence-corrected chi connectivity index (χ0v) is 10.9. The van der Waals surface area contributed by atoms with Crippen LogP contribution in [-0.2, 0) is 0 Å². The zero-order valence-electron chi connectivity index (χ0n) is 10.1. The van der Waals surface area contributed by atoms with Crippen molar-refractivity contribution in [2.24, 2.45) is 0 Å². The molecule has 100 valence electrons. The topological polar surface area (TPSA) is 55.2 Å². The molecule has 0 bridgehead atoms. The molecule has 0 aliphatic carbocycles. The molecule has 1 atom stereocenters. The van der Waals surface area contributed by atoms with Gasteiger partial charge in [0.15, 0.2) is 17.3 Å². The Morgan fingerprint density at radius 3 is 2.72 bits per heavy atom. The SMILES string of the molecule is CSC(C)CCNc1c([N+](=O)[O-])ccc(F)c1F. The van der Waals surface area contributed by atoms with Crippen molar-refractivity contribution >= 4 is 23.1 Å². The van der Waals surface area contributed by atoms with Crippen LogP contribution in [0.4, 0.5) is 20.2 Å². The highest BCUT2D eigenvalue weighted by atomic mass is 32.2. The van der Waals surface area contributed by atoms with E-state index in [1.165, 1.54) is 0 Å². The Bertz CT molecular complexity index is 443. The van der Waals surface area contributed by atoms with Crippen molar-refractivity contribution in [3.05, 3.63) is 33.9 Å². The molecule has 0 aromatic heterocycles. The summed E-state index contributed by atoms with van der Waals surface area (Å²) in [5, 5.41) is 13.7. The van der Waals surface area contributed by atoms with Crippen LogP contribution in [0.2, 0.25) is 0 Å². The largest absolute Gasteiger partial charge is 0.377 e. The van der Waals surface area contributed by atoms with Gasteiger partial charge in [-0.05, 0) is 18.7 Å². The van der Waals surface area contributed by atoms with Gasteiger partial charge in [0.1, 0.15) is 0 Å². The van der Waals surface area contributed by atoms with E-state index in [4.69, 9.17) is 0 Å². The maximum atomic E-state index is 13.5. The molecule has 0 saturated carbocycles. The Balaban J connectivity index is 2.85. The van der Waals surface area contributed by atoms with Gasteiger partial charge in [-0.2, -0.15) is 11.8 Å². The first-order valence-electron chi connectivity index (χ1n) is 5.36. The molecule has 1 rings (SSSR count). The van der Waals surface area contributed by atoms with E-state index in [9.17, 15) is 18.9 Å². The Morgan fingerprint density at radius 1 is 1.50 bits per heavy atom. The molecule has 0 heterocycles. The number of hydrogen-bond donors (Lipinski definition) is 1. The van der Waals surface area contributed by atoms with E-state index in [-0.39, 0.29) is 5.69 Å². The highest BCUT2D eigenvalue weighted by molar-refractivity contribution is 7.99. The summed E-state index contributed by atoms with van der Waals surface area (Å²) in [4.78, 5) is 9.98. The predicted octanol–water partition coefficient (Wildman–Crippen LogP) is 3.43. The van der Waals surface area contributed by atoms with Gasteiger partial charge in [-0.1, -0.05) is 6.92 Å². The lowest BCUT2D eigenvalue weighted by atomic mass is 10.2. The van der Waals surface area contributed by atoms with Gasteiger partial charge < -0.3 is 5.32 Å². The number of hydrogen-bond acceptors (Lipinski definition) is 4. The number of thioether (sulfide) groups is 1. The average Bonchev–Trinajstić information content (AvgIpc) is 2.33. The molecule has 7 heteroatoms. The summed E-state index contributed by atoms with van der Waals surface area (Å²) < 4.78 is 26.5. The number of nitro benzene ring substituents is 1. The fourth-order valence-corrected chi connectivity index (χ4v) is 1.73. The number of nitro groups is 1. The Labute approximate surface area is 108 Å². The third-order valence-corrected chi connectivity index (χ3v) is 3.56. The first-order valence-corrected chi connectivity index (χ1v) is 6.65. The molecule has 0 saturated heterocycles. The standard InChI is InChI=1S/C11H14F2N2O2S/c1-7(18-2)5-6-14-11-9(15(16)17)4-3-8(12)10(11)13/h3-4,7,14H,5-6H2,1-2H3. The van der Waals surface area contributed by atoms with Crippen LogP contribution in [0.25, 0.3) is 0 Å². The number of halogens is 2. The molecule has 1 aromatic rings. The van der Waals surface area contributed by atoms with Crippen LogP contribution in [0.1, 0.15) is 13.3 Å². The van der Waals surface area contributed by atoms with Crippen LogP contribution >= 0.6 is 11.8 Å². The first kappa shape index (κ1) is 14.7. The highest BCUT2D eigenvalue weighted by Gasteiger charge is 2.21. The van der Waals surface area contributed by atoms with E-state index in [0.717, 1.165) is 12.1 Å². The van der Waals surface area contributed by atoms with Crippen LogP contribution in [0, 0.1) is 21.7 Å². The maximum Gasteiger partial charge on any atom is 0.295 e. The first-order chi connectivity index (χ1) is 8.47. The molecule has 0 aliphatic heterocycles. The van der Waals surface area contributed by atoms with Crippen LogP contribution in [-0.4, -0.2) is 23.0 Å². The van der Waals surface area contributed by atoms with Crippen LogP contribution < -0.4 is 5.32 Å². The van der Waals surface area contributed by atoms with Crippen molar-refractivity contribution in [3.8, 4) is 0 Å². The van der Waals surface area contributed by atoms with Crippen molar-refractivity contribution in [1.82, 2.24) is 0 Å². The van der Waals surface area contributed by atoms with E-state index in [0.29, 0.717) is 18.2 Å². The van der Waals surface area contributed by atoms with Gasteiger partial charge in [-0.15, -0.1) is 0 Å². The molecule has 0 aliphatic rings. The smallest absolute Gasteiger partial charge is 0.295 e. The fourth-order valence-electron chi connectivity index (χ4n) is 1.38. The normalized spacial score (nSPS) is 12.2. The highest BCUT2D eigenvalue weighted by Crippen LogP contribution is 2.29. The van der Waals surface area contributed by atoms with E-state index in [1.54, 1.807) is 11.8 Å². The van der Waals surface area contributed by atoms with Crippen molar-refractivity contribution in [2.75, 3.05) is 18.1 Å². The van der Waals surface area contributed by atoms with Gasteiger partial charge in [0, 0.05) is 17.9 Å². The second kappa shape index (κ2) is 6.53.